The zero-order valence-electron chi connectivity index (χ0n) is 12.3. The van der Waals surface area contributed by atoms with Crippen molar-refractivity contribution in [1.29, 1.82) is 0 Å². The summed E-state index contributed by atoms with van der Waals surface area (Å²) in [5.74, 6) is 3.22. The highest BCUT2D eigenvalue weighted by Gasteiger charge is 2.56. The maximum atomic E-state index is 10.2. The van der Waals surface area contributed by atoms with Gasteiger partial charge in [-0.1, -0.05) is 12.1 Å². The second kappa shape index (κ2) is 4.49. The fourth-order valence-electron chi connectivity index (χ4n) is 5.52. The molecule has 0 heterocycles. The van der Waals surface area contributed by atoms with Crippen molar-refractivity contribution in [3.63, 3.8) is 0 Å². The molecule has 4 aliphatic carbocycles. The number of aliphatic hydroxyl groups excluding tert-OH is 1. The predicted molar refractivity (Wildman–Crippen MR) is 81.7 cm³/mol. The minimum Gasteiger partial charge on any atom is -0.394 e. The molecule has 0 unspecified atom stereocenters. The molecule has 2 nitrogen and oxygen atoms in total. The molecule has 4 saturated carbocycles. The molecule has 5 rings (SSSR count). The summed E-state index contributed by atoms with van der Waals surface area (Å²) < 4.78 is 0. The number of anilines is 1. The summed E-state index contributed by atoms with van der Waals surface area (Å²) in [7, 11) is 0. The molecular weight excluding hydrogens is 246 g/mol. The molecule has 1 aromatic carbocycles. The number of benzene rings is 1. The van der Waals surface area contributed by atoms with Crippen molar-refractivity contribution in [3.05, 3.63) is 29.8 Å². The molecule has 0 radical (unpaired) electrons. The fraction of sp³-hybridized carbons (Fsp3) is 0.667. The summed E-state index contributed by atoms with van der Waals surface area (Å²) in [6.45, 7) is 2.42. The molecule has 4 fully saturated rings. The van der Waals surface area contributed by atoms with Gasteiger partial charge in [-0.3, -0.25) is 0 Å². The average Bonchev–Trinajstić information content (AvgIpc) is 2.42. The van der Waals surface area contributed by atoms with Crippen LogP contribution in [0.1, 0.15) is 37.7 Å². The van der Waals surface area contributed by atoms with Gasteiger partial charge < -0.3 is 10.4 Å². The number of nitrogens with one attached hydrogen (secondary N) is 1. The lowest BCUT2D eigenvalue weighted by Gasteiger charge is -2.61. The van der Waals surface area contributed by atoms with E-state index >= 15 is 0 Å². The molecular formula is C18H25NO. The van der Waals surface area contributed by atoms with Crippen molar-refractivity contribution >= 4 is 5.69 Å². The Morgan fingerprint density at radius 2 is 1.75 bits per heavy atom. The molecule has 0 aromatic heterocycles. The first kappa shape index (κ1) is 12.7. The van der Waals surface area contributed by atoms with Gasteiger partial charge in [-0.05, 0) is 80.4 Å². The van der Waals surface area contributed by atoms with Crippen LogP contribution in [0.5, 0.6) is 0 Å². The van der Waals surface area contributed by atoms with Crippen molar-refractivity contribution in [2.45, 2.75) is 44.6 Å². The highest BCUT2D eigenvalue weighted by molar-refractivity contribution is 5.49. The van der Waals surface area contributed by atoms with Crippen molar-refractivity contribution in [3.8, 4) is 0 Å². The van der Waals surface area contributed by atoms with E-state index in [-0.39, 0.29) is 12.1 Å². The van der Waals surface area contributed by atoms with E-state index in [1.807, 2.05) is 0 Å². The zero-order valence-corrected chi connectivity index (χ0v) is 12.3. The van der Waals surface area contributed by atoms with Crippen LogP contribution in [0, 0.1) is 30.6 Å². The minimum atomic E-state index is -0.0544. The maximum Gasteiger partial charge on any atom is 0.0667 e. The lowest BCUT2D eigenvalue weighted by Crippen LogP contribution is -2.63. The molecule has 0 saturated heterocycles. The van der Waals surface area contributed by atoms with Gasteiger partial charge in [0, 0.05) is 5.69 Å². The van der Waals surface area contributed by atoms with E-state index in [2.05, 4.69) is 36.5 Å². The van der Waals surface area contributed by atoms with Crippen LogP contribution in [-0.4, -0.2) is 17.3 Å². The summed E-state index contributed by atoms with van der Waals surface area (Å²) in [6.07, 6.45) is 6.76. The topological polar surface area (TPSA) is 32.3 Å². The minimum absolute atomic E-state index is 0.0544. The number of aliphatic hydroxyl groups is 1. The Hall–Kier alpha value is -1.02. The van der Waals surface area contributed by atoms with Crippen LogP contribution in [0.2, 0.25) is 0 Å². The Morgan fingerprint density at radius 1 is 1.10 bits per heavy atom. The maximum absolute atomic E-state index is 10.2. The van der Waals surface area contributed by atoms with Crippen LogP contribution in [-0.2, 0) is 0 Å². The standard InChI is InChI=1S/C18H25NO/c1-12-3-2-4-17(5-12)19-18(11-20)15-7-13-6-14(9-15)10-16(18)8-13/h2-5,13-16,19-20H,6-11H2,1H3. The van der Waals surface area contributed by atoms with Crippen LogP contribution in [0.15, 0.2) is 24.3 Å². The van der Waals surface area contributed by atoms with Gasteiger partial charge >= 0.3 is 0 Å². The molecule has 0 amide bonds. The summed E-state index contributed by atoms with van der Waals surface area (Å²) >= 11 is 0. The third kappa shape index (κ3) is 1.81. The number of hydrogen-bond acceptors (Lipinski definition) is 2. The van der Waals surface area contributed by atoms with Crippen LogP contribution >= 0.6 is 0 Å². The molecule has 20 heavy (non-hydrogen) atoms. The first-order valence-electron chi connectivity index (χ1n) is 8.15. The highest BCUT2D eigenvalue weighted by Crippen LogP contribution is 2.58. The van der Waals surface area contributed by atoms with Gasteiger partial charge in [-0.25, -0.2) is 0 Å². The number of hydrogen-bond donors (Lipinski definition) is 2. The fourth-order valence-corrected chi connectivity index (χ4v) is 5.52. The average molecular weight is 271 g/mol. The van der Waals surface area contributed by atoms with E-state index in [1.165, 1.54) is 43.4 Å². The van der Waals surface area contributed by atoms with E-state index in [0.717, 1.165) is 11.8 Å². The molecule has 0 spiro atoms. The van der Waals surface area contributed by atoms with Crippen LogP contribution < -0.4 is 5.32 Å². The number of rotatable bonds is 3. The van der Waals surface area contributed by atoms with Gasteiger partial charge in [0.2, 0.25) is 0 Å². The zero-order chi connectivity index (χ0) is 13.7. The Labute approximate surface area is 121 Å². The largest absolute Gasteiger partial charge is 0.394 e. The smallest absolute Gasteiger partial charge is 0.0667 e. The molecule has 108 valence electrons. The summed E-state index contributed by atoms with van der Waals surface area (Å²) in [6, 6.07) is 8.60. The Morgan fingerprint density at radius 3 is 2.30 bits per heavy atom. The van der Waals surface area contributed by atoms with Gasteiger partial charge in [0.1, 0.15) is 0 Å². The lowest BCUT2D eigenvalue weighted by atomic mass is 9.48. The quantitative estimate of drug-likeness (QED) is 0.880. The van der Waals surface area contributed by atoms with Crippen LogP contribution in [0.3, 0.4) is 0 Å². The summed E-state index contributed by atoms with van der Waals surface area (Å²) in [5.41, 5.74) is 2.42. The summed E-state index contributed by atoms with van der Waals surface area (Å²) in [4.78, 5) is 0. The third-order valence-corrected chi connectivity index (χ3v) is 6.25. The highest BCUT2D eigenvalue weighted by atomic mass is 16.3. The number of aryl methyl sites for hydroxylation is 1. The Balaban J connectivity index is 1.66. The second-order valence-corrected chi connectivity index (χ2v) is 7.50. The monoisotopic (exact) mass is 271 g/mol. The molecule has 2 N–H and O–H groups in total. The van der Waals surface area contributed by atoms with Crippen LogP contribution in [0.25, 0.3) is 0 Å². The molecule has 0 aliphatic heterocycles. The van der Waals surface area contributed by atoms with Crippen molar-refractivity contribution in [2.24, 2.45) is 23.7 Å². The Bertz CT molecular complexity index is 482. The molecule has 0 atom stereocenters. The predicted octanol–water partition coefficient (Wildman–Crippen LogP) is 3.59. The van der Waals surface area contributed by atoms with Crippen molar-refractivity contribution in [2.75, 3.05) is 11.9 Å². The third-order valence-electron chi connectivity index (χ3n) is 6.25. The van der Waals surface area contributed by atoms with E-state index in [1.54, 1.807) is 0 Å². The van der Waals surface area contributed by atoms with Gasteiger partial charge in [0.15, 0.2) is 0 Å². The van der Waals surface area contributed by atoms with Crippen molar-refractivity contribution in [1.82, 2.24) is 0 Å². The van der Waals surface area contributed by atoms with E-state index < -0.39 is 0 Å². The Kier molecular flexibility index (Phi) is 2.85. The first-order valence-corrected chi connectivity index (χ1v) is 8.15. The second-order valence-electron chi connectivity index (χ2n) is 7.50. The molecule has 1 aromatic rings. The van der Waals surface area contributed by atoms with E-state index in [0.29, 0.717) is 11.8 Å². The molecule has 2 heteroatoms. The van der Waals surface area contributed by atoms with Crippen LogP contribution in [0.4, 0.5) is 5.69 Å². The molecule has 4 aliphatic rings. The lowest BCUT2D eigenvalue weighted by molar-refractivity contribution is -0.0655. The van der Waals surface area contributed by atoms with Gasteiger partial charge in [0.25, 0.3) is 0 Å². The van der Waals surface area contributed by atoms with Gasteiger partial charge in [-0.2, -0.15) is 0 Å². The molecule has 4 bridgehead atoms. The van der Waals surface area contributed by atoms with Gasteiger partial charge in [0.05, 0.1) is 12.1 Å². The van der Waals surface area contributed by atoms with E-state index in [9.17, 15) is 5.11 Å². The first-order chi connectivity index (χ1) is 9.69. The normalized spacial score (nSPS) is 41.9. The summed E-state index contributed by atoms with van der Waals surface area (Å²) in [5, 5.41) is 14.0. The van der Waals surface area contributed by atoms with Crippen molar-refractivity contribution < 1.29 is 5.11 Å². The van der Waals surface area contributed by atoms with E-state index in [4.69, 9.17) is 0 Å². The SMILES string of the molecule is Cc1cccc(NC2(CO)C3CC4CC(C3)CC2C4)c1. The van der Waals surface area contributed by atoms with Gasteiger partial charge in [-0.15, -0.1) is 0 Å².